The molecule has 1 atom stereocenters. The number of rotatable bonds is 5. The fraction of sp³-hybridized carbons (Fsp3) is 0.333. The summed E-state index contributed by atoms with van der Waals surface area (Å²) in [4.78, 5) is 0. The van der Waals surface area contributed by atoms with Crippen molar-refractivity contribution in [1.82, 2.24) is 5.32 Å². The molecule has 0 aliphatic heterocycles. The summed E-state index contributed by atoms with van der Waals surface area (Å²) >= 11 is 1.75. The normalized spacial score (nSPS) is 12.9. The topological polar surface area (TPSA) is 25.2 Å². The van der Waals surface area contributed by atoms with Crippen LogP contribution in [0, 0.1) is 0 Å². The fourth-order valence-electron chi connectivity index (χ4n) is 1.64. The molecular weight excluding hydrogens is 206 g/mol. The highest BCUT2D eigenvalue weighted by molar-refractivity contribution is 7.07. The van der Waals surface area contributed by atoms with Crippen molar-refractivity contribution in [2.75, 3.05) is 7.05 Å². The van der Waals surface area contributed by atoms with Crippen LogP contribution in [0.3, 0.4) is 0 Å². The van der Waals surface area contributed by atoms with Gasteiger partial charge in [0.25, 0.3) is 0 Å². The molecule has 0 radical (unpaired) electrons. The van der Waals surface area contributed by atoms with E-state index in [2.05, 4.69) is 22.1 Å². The molecule has 0 spiro atoms. The van der Waals surface area contributed by atoms with Gasteiger partial charge in [-0.15, -0.1) is 0 Å². The summed E-state index contributed by atoms with van der Waals surface area (Å²) in [6.45, 7) is 0. The fourth-order valence-corrected chi connectivity index (χ4v) is 2.32. The van der Waals surface area contributed by atoms with Crippen LogP contribution < -0.4 is 5.32 Å². The van der Waals surface area contributed by atoms with E-state index in [1.165, 1.54) is 5.56 Å². The van der Waals surface area contributed by atoms with Crippen LogP contribution in [0.4, 0.5) is 0 Å². The number of hydrogen-bond donors (Lipinski definition) is 1. The zero-order valence-electron chi connectivity index (χ0n) is 8.77. The van der Waals surface area contributed by atoms with Gasteiger partial charge in [0, 0.05) is 12.5 Å². The summed E-state index contributed by atoms with van der Waals surface area (Å²) in [5.74, 6) is 1.05. The number of hydrogen-bond acceptors (Lipinski definition) is 3. The number of nitrogens with one attached hydrogen (secondary N) is 1. The van der Waals surface area contributed by atoms with Crippen LogP contribution in [0.5, 0.6) is 0 Å². The summed E-state index contributed by atoms with van der Waals surface area (Å²) in [5, 5.41) is 7.64. The molecule has 0 aliphatic rings. The molecule has 2 aromatic heterocycles. The minimum atomic E-state index is 0.450. The van der Waals surface area contributed by atoms with Crippen molar-refractivity contribution in [3.63, 3.8) is 0 Å². The van der Waals surface area contributed by atoms with Crippen LogP contribution in [0.2, 0.25) is 0 Å². The Bertz CT molecular complexity index is 330. The van der Waals surface area contributed by atoms with E-state index in [-0.39, 0.29) is 0 Å². The maximum atomic E-state index is 5.35. The molecule has 0 saturated heterocycles. The molecule has 2 nitrogen and oxygen atoms in total. The molecule has 80 valence electrons. The average molecular weight is 221 g/mol. The molecule has 1 unspecified atom stereocenters. The largest absolute Gasteiger partial charge is 0.469 e. The van der Waals surface area contributed by atoms with E-state index in [4.69, 9.17) is 4.42 Å². The van der Waals surface area contributed by atoms with Gasteiger partial charge in [-0.05, 0) is 48.0 Å². The van der Waals surface area contributed by atoms with Crippen LogP contribution in [0.1, 0.15) is 11.3 Å². The Morgan fingerprint density at radius 2 is 2.33 bits per heavy atom. The molecule has 1 N–H and O–H groups in total. The zero-order valence-corrected chi connectivity index (χ0v) is 9.59. The quantitative estimate of drug-likeness (QED) is 0.839. The Morgan fingerprint density at radius 3 is 2.93 bits per heavy atom. The van der Waals surface area contributed by atoms with Gasteiger partial charge in [-0.25, -0.2) is 0 Å². The molecule has 15 heavy (non-hydrogen) atoms. The molecule has 0 fully saturated rings. The van der Waals surface area contributed by atoms with Gasteiger partial charge in [0.15, 0.2) is 0 Å². The molecule has 3 heteroatoms. The van der Waals surface area contributed by atoms with Gasteiger partial charge in [-0.3, -0.25) is 0 Å². The molecule has 0 saturated carbocycles. The van der Waals surface area contributed by atoms with Gasteiger partial charge in [0.1, 0.15) is 5.76 Å². The number of furan rings is 1. The average Bonchev–Trinajstić information content (AvgIpc) is 2.89. The Labute approximate surface area is 93.9 Å². The predicted molar refractivity (Wildman–Crippen MR) is 63.3 cm³/mol. The summed E-state index contributed by atoms with van der Waals surface area (Å²) in [6.07, 6.45) is 3.73. The lowest BCUT2D eigenvalue weighted by atomic mass is 10.1. The van der Waals surface area contributed by atoms with Gasteiger partial charge in [-0.1, -0.05) is 0 Å². The lowest BCUT2D eigenvalue weighted by Crippen LogP contribution is -2.29. The van der Waals surface area contributed by atoms with E-state index in [0.717, 1.165) is 18.6 Å². The monoisotopic (exact) mass is 221 g/mol. The lowest BCUT2D eigenvalue weighted by molar-refractivity contribution is 0.457. The van der Waals surface area contributed by atoms with Gasteiger partial charge in [0.05, 0.1) is 6.26 Å². The van der Waals surface area contributed by atoms with E-state index < -0.39 is 0 Å². The highest BCUT2D eigenvalue weighted by atomic mass is 32.1. The Hall–Kier alpha value is -1.06. The highest BCUT2D eigenvalue weighted by Gasteiger charge is 2.10. The smallest absolute Gasteiger partial charge is 0.105 e. The second-order valence-electron chi connectivity index (χ2n) is 3.60. The molecule has 2 heterocycles. The van der Waals surface area contributed by atoms with Crippen molar-refractivity contribution in [2.24, 2.45) is 0 Å². The van der Waals surface area contributed by atoms with Crippen molar-refractivity contribution in [1.29, 1.82) is 0 Å². The van der Waals surface area contributed by atoms with Crippen molar-refractivity contribution in [3.8, 4) is 0 Å². The molecule has 2 aromatic rings. The van der Waals surface area contributed by atoms with Crippen molar-refractivity contribution >= 4 is 11.3 Å². The van der Waals surface area contributed by atoms with Crippen LogP contribution in [-0.4, -0.2) is 13.1 Å². The molecular formula is C12H15NOS. The first-order valence-corrected chi connectivity index (χ1v) is 6.03. The third-order valence-electron chi connectivity index (χ3n) is 2.50. The van der Waals surface area contributed by atoms with Crippen molar-refractivity contribution < 1.29 is 4.42 Å². The highest BCUT2D eigenvalue weighted by Crippen LogP contribution is 2.12. The van der Waals surface area contributed by atoms with Crippen molar-refractivity contribution in [3.05, 3.63) is 46.5 Å². The first-order valence-electron chi connectivity index (χ1n) is 5.09. The third kappa shape index (κ3) is 2.94. The van der Waals surface area contributed by atoms with E-state index in [1.807, 2.05) is 19.2 Å². The van der Waals surface area contributed by atoms with Gasteiger partial charge in [-0.2, -0.15) is 11.3 Å². The molecule has 0 aliphatic carbocycles. The first-order chi connectivity index (χ1) is 7.38. The van der Waals surface area contributed by atoms with Crippen molar-refractivity contribution in [2.45, 2.75) is 18.9 Å². The Kier molecular flexibility index (Phi) is 3.59. The van der Waals surface area contributed by atoms with Gasteiger partial charge >= 0.3 is 0 Å². The summed E-state index contributed by atoms with van der Waals surface area (Å²) in [5.41, 5.74) is 1.39. The standard InChI is InChI=1S/C12H15NOS/c1-13-11(7-10-4-6-15-9-10)8-12-3-2-5-14-12/h2-6,9,11,13H,7-8H2,1H3. The minimum absolute atomic E-state index is 0.450. The van der Waals surface area contributed by atoms with Gasteiger partial charge in [0.2, 0.25) is 0 Å². The van der Waals surface area contributed by atoms with Gasteiger partial charge < -0.3 is 9.73 Å². The summed E-state index contributed by atoms with van der Waals surface area (Å²) in [7, 11) is 2.00. The van der Waals surface area contributed by atoms with E-state index in [0.29, 0.717) is 6.04 Å². The zero-order chi connectivity index (χ0) is 10.5. The maximum Gasteiger partial charge on any atom is 0.105 e. The molecule has 0 amide bonds. The minimum Gasteiger partial charge on any atom is -0.469 e. The van der Waals surface area contributed by atoms with Crippen LogP contribution in [0.15, 0.2) is 39.6 Å². The van der Waals surface area contributed by atoms with E-state index >= 15 is 0 Å². The summed E-state index contributed by atoms with van der Waals surface area (Å²) in [6, 6.07) is 6.59. The summed E-state index contributed by atoms with van der Waals surface area (Å²) < 4.78 is 5.35. The van der Waals surface area contributed by atoms with Crippen LogP contribution >= 0.6 is 11.3 Å². The molecule has 0 bridgehead atoms. The van der Waals surface area contributed by atoms with E-state index in [1.54, 1.807) is 17.6 Å². The Morgan fingerprint density at radius 1 is 1.40 bits per heavy atom. The predicted octanol–water partition coefficient (Wildman–Crippen LogP) is 2.71. The second kappa shape index (κ2) is 5.14. The second-order valence-corrected chi connectivity index (χ2v) is 4.38. The third-order valence-corrected chi connectivity index (χ3v) is 3.23. The number of likely N-dealkylation sites (N-methyl/N-ethyl adjacent to an activating group) is 1. The molecule has 0 aromatic carbocycles. The first kappa shape index (κ1) is 10.5. The molecule has 2 rings (SSSR count). The van der Waals surface area contributed by atoms with E-state index in [9.17, 15) is 0 Å². The SMILES string of the molecule is CNC(Cc1ccsc1)Cc1ccco1. The lowest BCUT2D eigenvalue weighted by Gasteiger charge is -2.13. The van der Waals surface area contributed by atoms with Crippen LogP contribution in [-0.2, 0) is 12.8 Å². The van der Waals surface area contributed by atoms with Crippen LogP contribution in [0.25, 0.3) is 0 Å². The maximum absolute atomic E-state index is 5.35. The number of thiophene rings is 1. The Balaban J connectivity index is 1.93.